The van der Waals surface area contributed by atoms with E-state index in [-0.39, 0.29) is 0 Å². The second kappa shape index (κ2) is 6.29. The summed E-state index contributed by atoms with van der Waals surface area (Å²) >= 11 is 0. The molecule has 6 nitrogen and oxygen atoms in total. The molecule has 0 aliphatic heterocycles. The molecule has 0 saturated carbocycles. The predicted octanol–water partition coefficient (Wildman–Crippen LogP) is 0.874. The third-order valence-electron chi connectivity index (χ3n) is 2.91. The number of rotatable bonds is 6. The third kappa shape index (κ3) is 3.75. The molecular formula is C13H20N6. The van der Waals surface area contributed by atoms with E-state index in [2.05, 4.69) is 51.5 Å². The molecule has 6 heteroatoms. The highest BCUT2D eigenvalue weighted by atomic mass is 15.6. The Bertz CT molecular complexity index is 504. The van der Waals surface area contributed by atoms with Crippen molar-refractivity contribution in [2.75, 3.05) is 18.0 Å². The second-order valence-corrected chi connectivity index (χ2v) is 4.59. The van der Waals surface area contributed by atoms with Gasteiger partial charge in [-0.15, -0.1) is 10.2 Å². The Labute approximate surface area is 113 Å². The molecular weight excluding hydrogens is 240 g/mol. The Morgan fingerprint density at radius 1 is 1.26 bits per heavy atom. The Hall–Kier alpha value is -1.95. The fourth-order valence-electron chi connectivity index (χ4n) is 1.89. The number of hydrogen-bond donors (Lipinski definition) is 1. The zero-order valence-electron chi connectivity index (χ0n) is 11.5. The van der Waals surface area contributed by atoms with Crippen LogP contribution >= 0.6 is 0 Å². The summed E-state index contributed by atoms with van der Waals surface area (Å²) < 4.78 is 0. The Morgan fingerprint density at radius 2 is 2.00 bits per heavy atom. The number of aromatic nitrogens is 4. The van der Waals surface area contributed by atoms with Crippen LogP contribution in [0.15, 0.2) is 24.3 Å². The van der Waals surface area contributed by atoms with Crippen LogP contribution in [0, 0.1) is 6.92 Å². The first-order valence-corrected chi connectivity index (χ1v) is 6.43. The van der Waals surface area contributed by atoms with Crippen molar-refractivity contribution in [3.8, 4) is 0 Å². The van der Waals surface area contributed by atoms with Gasteiger partial charge in [0.1, 0.15) is 0 Å². The van der Waals surface area contributed by atoms with Crippen LogP contribution in [0.25, 0.3) is 0 Å². The van der Waals surface area contributed by atoms with Gasteiger partial charge in [-0.1, -0.05) is 17.7 Å². The van der Waals surface area contributed by atoms with Gasteiger partial charge in [0.25, 0.3) is 0 Å². The summed E-state index contributed by atoms with van der Waals surface area (Å²) in [5, 5.41) is 12.1. The second-order valence-electron chi connectivity index (χ2n) is 4.59. The topological polar surface area (TPSA) is 72.9 Å². The molecule has 102 valence electrons. The molecule has 0 amide bonds. The largest absolute Gasteiger partial charge is 0.364 e. The minimum absolute atomic E-state index is 0.650. The molecule has 1 aromatic carbocycles. The molecule has 0 bridgehead atoms. The molecule has 2 N–H and O–H groups in total. The van der Waals surface area contributed by atoms with Crippen molar-refractivity contribution in [2.24, 2.45) is 12.8 Å². The number of anilines is 1. The summed E-state index contributed by atoms with van der Waals surface area (Å²) in [5.41, 5.74) is 8.01. The molecule has 0 aliphatic carbocycles. The van der Waals surface area contributed by atoms with Crippen LogP contribution < -0.4 is 10.6 Å². The maximum atomic E-state index is 5.60. The number of nitrogens with zero attached hydrogens (tertiary/aromatic N) is 5. The molecule has 0 fully saturated rings. The van der Waals surface area contributed by atoms with Crippen molar-refractivity contribution in [1.29, 1.82) is 0 Å². The highest BCUT2D eigenvalue weighted by Gasteiger charge is 2.10. The van der Waals surface area contributed by atoms with Crippen molar-refractivity contribution in [3.63, 3.8) is 0 Å². The first-order valence-electron chi connectivity index (χ1n) is 6.43. The number of nitrogens with two attached hydrogens (primary N) is 1. The molecule has 2 rings (SSSR count). The van der Waals surface area contributed by atoms with E-state index in [0.29, 0.717) is 13.1 Å². The zero-order valence-corrected chi connectivity index (χ0v) is 11.5. The molecule has 1 heterocycles. The predicted molar refractivity (Wildman–Crippen MR) is 74.7 cm³/mol. The Kier molecular flexibility index (Phi) is 4.46. The summed E-state index contributed by atoms with van der Waals surface area (Å²) in [6.07, 6.45) is 0.939. The van der Waals surface area contributed by atoms with Gasteiger partial charge in [-0.2, -0.15) is 4.80 Å². The molecule has 0 saturated heterocycles. The van der Waals surface area contributed by atoms with Gasteiger partial charge in [-0.3, -0.25) is 0 Å². The third-order valence-corrected chi connectivity index (χ3v) is 2.91. The van der Waals surface area contributed by atoms with E-state index in [9.17, 15) is 0 Å². The summed E-state index contributed by atoms with van der Waals surface area (Å²) in [5.74, 6) is 0.722. The van der Waals surface area contributed by atoms with Crippen molar-refractivity contribution >= 4 is 5.69 Å². The Balaban J connectivity index is 2.13. The average Bonchev–Trinajstić information content (AvgIpc) is 2.81. The summed E-state index contributed by atoms with van der Waals surface area (Å²) in [6.45, 7) is 4.29. The van der Waals surface area contributed by atoms with Gasteiger partial charge in [-0.25, -0.2) is 0 Å². The van der Waals surface area contributed by atoms with Gasteiger partial charge < -0.3 is 10.6 Å². The van der Waals surface area contributed by atoms with Crippen molar-refractivity contribution in [2.45, 2.75) is 19.9 Å². The normalized spacial score (nSPS) is 10.7. The van der Waals surface area contributed by atoms with Crippen molar-refractivity contribution in [1.82, 2.24) is 20.2 Å². The number of hydrogen-bond acceptors (Lipinski definition) is 5. The van der Waals surface area contributed by atoms with Crippen LogP contribution in [0.5, 0.6) is 0 Å². The molecule has 0 spiro atoms. The van der Waals surface area contributed by atoms with Gasteiger partial charge >= 0.3 is 0 Å². The van der Waals surface area contributed by atoms with E-state index in [1.165, 1.54) is 10.4 Å². The molecule has 1 aromatic heterocycles. The lowest BCUT2D eigenvalue weighted by molar-refractivity contribution is 0.625. The summed E-state index contributed by atoms with van der Waals surface area (Å²) in [7, 11) is 1.77. The van der Waals surface area contributed by atoms with E-state index < -0.39 is 0 Å². The van der Waals surface area contributed by atoms with Crippen LogP contribution in [0.2, 0.25) is 0 Å². The lowest BCUT2D eigenvalue weighted by Gasteiger charge is -2.23. The van der Waals surface area contributed by atoms with E-state index >= 15 is 0 Å². The SMILES string of the molecule is Cc1ccc(N(CCCN)Cc2nnn(C)n2)cc1. The Morgan fingerprint density at radius 3 is 2.58 bits per heavy atom. The number of benzene rings is 1. The standard InChI is InChI=1S/C13H20N6/c1-11-4-6-12(7-5-11)19(9-3-8-14)10-13-15-17-18(2)16-13/h4-7H,3,8-10,14H2,1-2H3. The van der Waals surface area contributed by atoms with Crippen molar-refractivity contribution < 1.29 is 0 Å². The number of aryl methyl sites for hydroxylation is 2. The first kappa shape index (κ1) is 13.5. The first-order chi connectivity index (χ1) is 9.19. The minimum Gasteiger partial charge on any atom is -0.364 e. The highest BCUT2D eigenvalue weighted by molar-refractivity contribution is 5.47. The minimum atomic E-state index is 0.650. The van der Waals surface area contributed by atoms with Crippen LogP contribution in [0.1, 0.15) is 17.8 Å². The van der Waals surface area contributed by atoms with E-state index in [0.717, 1.165) is 24.5 Å². The summed E-state index contributed by atoms with van der Waals surface area (Å²) in [6, 6.07) is 8.44. The van der Waals surface area contributed by atoms with Gasteiger partial charge in [0.2, 0.25) is 0 Å². The van der Waals surface area contributed by atoms with Crippen LogP contribution in [-0.4, -0.2) is 33.3 Å². The molecule has 2 aromatic rings. The monoisotopic (exact) mass is 260 g/mol. The van der Waals surface area contributed by atoms with E-state index in [1.54, 1.807) is 7.05 Å². The molecule has 0 aliphatic rings. The molecule has 0 atom stereocenters. The highest BCUT2D eigenvalue weighted by Crippen LogP contribution is 2.17. The van der Waals surface area contributed by atoms with Gasteiger partial charge in [0.15, 0.2) is 5.82 Å². The quantitative estimate of drug-likeness (QED) is 0.834. The van der Waals surface area contributed by atoms with Gasteiger partial charge in [-0.05, 0) is 37.2 Å². The fraction of sp³-hybridized carbons (Fsp3) is 0.462. The van der Waals surface area contributed by atoms with E-state index in [4.69, 9.17) is 5.73 Å². The zero-order chi connectivity index (χ0) is 13.7. The lowest BCUT2D eigenvalue weighted by atomic mass is 10.2. The summed E-state index contributed by atoms with van der Waals surface area (Å²) in [4.78, 5) is 3.70. The van der Waals surface area contributed by atoms with Crippen LogP contribution in [-0.2, 0) is 13.6 Å². The van der Waals surface area contributed by atoms with Crippen LogP contribution in [0.3, 0.4) is 0 Å². The maximum Gasteiger partial charge on any atom is 0.193 e. The van der Waals surface area contributed by atoms with Crippen molar-refractivity contribution in [3.05, 3.63) is 35.7 Å². The van der Waals surface area contributed by atoms with Crippen LogP contribution in [0.4, 0.5) is 5.69 Å². The smallest absolute Gasteiger partial charge is 0.193 e. The average molecular weight is 260 g/mol. The molecule has 0 radical (unpaired) electrons. The fourth-order valence-corrected chi connectivity index (χ4v) is 1.89. The van der Waals surface area contributed by atoms with Gasteiger partial charge in [0.05, 0.1) is 13.6 Å². The lowest BCUT2D eigenvalue weighted by Crippen LogP contribution is -2.26. The maximum absolute atomic E-state index is 5.60. The molecule has 19 heavy (non-hydrogen) atoms. The van der Waals surface area contributed by atoms with E-state index in [1.807, 2.05) is 0 Å². The molecule has 0 unspecified atom stereocenters. The van der Waals surface area contributed by atoms with Gasteiger partial charge in [0, 0.05) is 12.2 Å². The number of tetrazole rings is 1.